The number of carboxylic acid groups (broad SMARTS) is 3. The second-order valence-electron chi connectivity index (χ2n) is 13.1. The van der Waals surface area contributed by atoms with E-state index in [1.807, 2.05) is 0 Å². The first-order valence-electron chi connectivity index (χ1n) is 18.0. The molecule has 0 heterocycles. The van der Waals surface area contributed by atoms with Crippen LogP contribution >= 0.6 is 0 Å². The number of carbonyl (C=O) groups excluding carboxylic acids is 5. The van der Waals surface area contributed by atoms with E-state index in [4.69, 9.17) is 22.9 Å². The Bertz CT molecular complexity index is 1210. The summed E-state index contributed by atoms with van der Waals surface area (Å²) in [5.41, 5.74) is 22.7. The fourth-order valence-corrected chi connectivity index (χ4v) is 5.10. The van der Waals surface area contributed by atoms with Crippen molar-refractivity contribution in [3.8, 4) is 0 Å². The van der Waals surface area contributed by atoms with Crippen LogP contribution in [0.1, 0.15) is 97.3 Å². The molecule has 0 saturated carbocycles. The molecule has 0 saturated heterocycles. The van der Waals surface area contributed by atoms with Gasteiger partial charge in [-0.05, 0) is 89.8 Å². The summed E-state index contributed by atoms with van der Waals surface area (Å²) in [7, 11) is 0. The predicted molar refractivity (Wildman–Crippen MR) is 193 cm³/mol. The fourth-order valence-electron chi connectivity index (χ4n) is 5.10. The lowest BCUT2D eigenvalue weighted by atomic mass is 10.0. The smallest absolute Gasteiger partial charge is 0.326 e. The Balaban J connectivity index is 6.28. The van der Waals surface area contributed by atoms with Crippen molar-refractivity contribution in [2.75, 3.05) is 19.6 Å². The maximum absolute atomic E-state index is 13.7. The van der Waals surface area contributed by atoms with Crippen molar-refractivity contribution in [3.05, 3.63) is 0 Å². The van der Waals surface area contributed by atoms with Crippen molar-refractivity contribution in [2.45, 2.75) is 134 Å². The zero-order chi connectivity index (χ0) is 40.5. The van der Waals surface area contributed by atoms with E-state index in [2.05, 4.69) is 26.6 Å². The molecule has 304 valence electrons. The van der Waals surface area contributed by atoms with Crippen LogP contribution in [0.2, 0.25) is 0 Å². The monoisotopic (exact) mass is 759 g/mol. The molecule has 0 bridgehead atoms. The number of rotatable bonds is 30. The average Bonchev–Trinajstić information content (AvgIpc) is 3.08. The van der Waals surface area contributed by atoms with E-state index in [1.165, 1.54) is 0 Å². The number of nitrogens with two attached hydrogens (primary N) is 4. The first kappa shape index (κ1) is 48.6. The van der Waals surface area contributed by atoms with Crippen LogP contribution in [0, 0.1) is 5.92 Å². The minimum atomic E-state index is -1.48. The van der Waals surface area contributed by atoms with E-state index in [0.717, 1.165) is 0 Å². The number of amides is 5. The second kappa shape index (κ2) is 27.2. The van der Waals surface area contributed by atoms with E-state index in [-0.39, 0.29) is 38.8 Å². The molecule has 0 aliphatic carbocycles. The summed E-state index contributed by atoms with van der Waals surface area (Å²) in [5, 5.41) is 40.4. The van der Waals surface area contributed by atoms with Gasteiger partial charge in [-0.1, -0.05) is 20.3 Å². The normalized spacial score (nSPS) is 14.5. The van der Waals surface area contributed by atoms with Gasteiger partial charge in [-0.3, -0.25) is 33.6 Å². The molecule has 0 aromatic carbocycles. The molecule has 6 unspecified atom stereocenters. The number of unbranched alkanes of at least 4 members (excludes halogenated alkanes) is 3. The largest absolute Gasteiger partial charge is 0.481 e. The Morgan fingerprint density at radius 2 is 0.792 bits per heavy atom. The summed E-state index contributed by atoms with van der Waals surface area (Å²) < 4.78 is 0. The highest BCUT2D eigenvalue weighted by molar-refractivity contribution is 5.96. The number of carboxylic acids is 3. The van der Waals surface area contributed by atoms with Gasteiger partial charge in [0.05, 0.1) is 6.04 Å². The fraction of sp³-hybridized carbons (Fsp3) is 0.758. The Morgan fingerprint density at radius 3 is 1.11 bits per heavy atom. The maximum Gasteiger partial charge on any atom is 0.326 e. The van der Waals surface area contributed by atoms with Gasteiger partial charge in [0.2, 0.25) is 29.5 Å². The summed E-state index contributed by atoms with van der Waals surface area (Å²) in [4.78, 5) is 101. The summed E-state index contributed by atoms with van der Waals surface area (Å²) >= 11 is 0. The Kier molecular flexibility index (Phi) is 25.0. The number of nitrogens with one attached hydrogen (secondary N) is 5. The van der Waals surface area contributed by atoms with Gasteiger partial charge in [0.15, 0.2) is 0 Å². The van der Waals surface area contributed by atoms with Gasteiger partial charge in [-0.2, -0.15) is 0 Å². The van der Waals surface area contributed by atoms with Crippen molar-refractivity contribution in [1.29, 1.82) is 0 Å². The number of aliphatic carboxylic acids is 3. The van der Waals surface area contributed by atoms with Crippen LogP contribution in [0.4, 0.5) is 0 Å². The summed E-state index contributed by atoms with van der Waals surface area (Å²) in [6.07, 6.45) is 1.37. The zero-order valence-electron chi connectivity index (χ0n) is 30.8. The van der Waals surface area contributed by atoms with Gasteiger partial charge < -0.3 is 64.8 Å². The van der Waals surface area contributed by atoms with Crippen molar-refractivity contribution in [3.63, 3.8) is 0 Å². The van der Waals surface area contributed by atoms with E-state index in [9.17, 15) is 53.7 Å². The van der Waals surface area contributed by atoms with Crippen LogP contribution in [0.3, 0.4) is 0 Å². The van der Waals surface area contributed by atoms with E-state index in [0.29, 0.717) is 45.1 Å². The Hall–Kier alpha value is -4.40. The Morgan fingerprint density at radius 1 is 0.472 bits per heavy atom. The van der Waals surface area contributed by atoms with Crippen LogP contribution in [0.15, 0.2) is 0 Å². The zero-order valence-corrected chi connectivity index (χ0v) is 30.8. The highest BCUT2D eigenvalue weighted by Crippen LogP contribution is 2.10. The third kappa shape index (κ3) is 21.0. The van der Waals surface area contributed by atoms with Gasteiger partial charge in [-0.15, -0.1) is 0 Å². The molecule has 0 fully saturated rings. The molecule has 0 aromatic rings. The van der Waals surface area contributed by atoms with Crippen LogP contribution in [0.5, 0.6) is 0 Å². The van der Waals surface area contributed by atoms with E-state index >= 15 is 0 Å². The van der Waals surface area contributed by atoms with E-state index < -0.39 is 109 Å². The molecule has 20 nitrogen and oxygen atoms in total. The Labute approximate surface area is 309 Å². The van der Waals surface area contributed by atoms with Gasteiger partial charge in [0, 0.05) is 12.8 Å². The molecule has 5 amide bonds. The van der Waals surface area contributed by atoms with Crippen LogP contribution < -0.4 is 49.5 Å². The lowest BCUT2D eigenvalue weighted by molar-refractivity contribution is -0.144. The van der Waals surface area contributed by atoms with Crippen molar-refractivity contribution in [1.82, 2.24) is 26.6 Å². The number of hydrogen-bond acceptors (Lipinski definition) is 12. The minimum Gasteiger partial charge on any atom is -0.481 e. The minimum absolute atomic E-state index is 0.0224. The average molecular weight is 760 g/mol. The molecule has 0 rings (SSSR count). The topological polar surface area (TPSA) is 361 Å². The molecule has 0 radical (unpaired) electrons. The second-order valence-corrected chi connectivity index (χ2v) is 13.1. The third-order valence-electron chi connectivity index (χ3n) is 8.26. The molecule has 16 N–H and O–H groups in total. The van der Waals surface area contributed by atoms with Crippen molar-refractivity contribution in [2.24, 2.45) is 28.9 Å². The SMILES string of the molecule is CC(C)C(NC(=O)C(CCC(=O)O)NC(=O)C(CCCCN)NC(=O)C(CCCCN)NC(=O)C(CCC(=O)O)NC(=O)C(N)CCCCN)C(=O)O. The molecular formula is C33H61N9O11. The maximum atomic E-state index is 13.7. The highest BCUT2D eigenvalue weighted by Gasteiger charge is 2.33. The van der Waals surface area contributed by atoms with Gasteiger partial charge >= 0.3 is 17.9 Å². The summed E-state index contributed by atoms with van der Waals surface area (Å²) in [6.45, 7) is 4.03. The first-order valence-corrected chi connectivity index (χ1v) is 18.0. The molecule has 0 aromatic heterocycles. The lowest BCUT2D eigenvalue weighted by Crippen LogP contribution is -2.59. The van der Waals surface area contributed by atoms with Gasteiger partial charge in [0.1, 0.15) is 30.2 Å². The number of carbonyl (C=O) groups is 8. The predicted octanol–water partition coefficient (Wildman–Crippen LogP) is -2.41. The molecule has 0 spiro atoms. The van der Waals surface area contributed by atoms with Crippen LogP contribution in [0.25, 0.3) is 0 Å². The van der Waals surface area contributed by atoms with Gasteiger partial charge in [0.25, 0.3) is 0 Å². The first-order chi connectivity index (χ1) is 25.0. The lowest BCUT2D eigenvalue weighted by Gasteiger charge is -2.27. The third-order valence-corrected chi connectivity index (χ3v) is 8.26. The molecule has 0 aliphatic heterocycles. The standard InChI is InChI=1S/C33H61N9O11/c1-19(2)27(33(52)53)42-32(51)24(13-15-26(45)46)41-30(49)22(11-5-8-18-36)39-29(48)21(10-4-7-17-35)40-31(50)23(12-14-25(43)44)38-28(47)20(37)9-3-6-16-34/h19-24,27H,3-18,34-37H2,1-2H3,(H,38,47)(H,39,48)(H,40,50)(H,41,49)(H,42,51)(H,43,44)(H,45,46)(H,52,53). The number of hydrogen-bond donors (Lipinski definition) is 12. The van der Waals surface area contributed by atoms with Crippen molar-refractivity contribution >= 4 is 47.4 Å². The van der Waals surface area contributed by atoms with Crippen LogP contribution in [-0.2, 0) is 38.4 Å². The van der Waals surface area contributed by atoms with Crippen LogP contribution in [-0.4, -0.2) is 119 Å². The molecule has 20 heteroatoms. The van der Waals surface area contributed by atoms with Gasteiger partial charge in [-0.25, -0.2) is 4.79 Å². The summed E-state index contributed by atoms with van der Waals surface area (Å²) in [6, 6.07) is -7.78. The summed E-state index contributed by atoms with van der Waals surface area (Å²) in [5.74, 6) is -8.57. The van der Waals surface area contributed by atoms with Crippen molar-refractivity contribution < 1.29 is 53.7 Å². The highest BCUT2D eigenvalue weighted by atomic mass is 16.4. The van der Waals surface area contributed by atoms with E-state index in [1.54, 1.807) is 13.8 Å². The quantitative estimate of drug-likeness (QED) is 0.0340. The molecular weight excluding hydrogens is 698 g/mol. The molecule has 53 heavy (non-hydrogen) atoms. The molecule has 0 aliphatic rings. The molecule has 6 atom stereocenters.